The number of benzene rings is 1. The van der Waals surface area contributed by atoms with E-state index < -0.39 is 0 Å². The topological polar surface area (TPSA) is 24.9 Å². The molecule has 0 amide bonds. The first-order chi connectivity index (χ1) is 10.1. The predicted octanol–water partition coefficient (Wildman–Crippen LogP) is 4.85. The number of nitrogens with one attached hydrogen (secondary N) is 1. The monoisotopic (exact) mass is 300 g/mol. The van der Waals surface area contributed by atoms with Gasteiger partial charge in [-0.3, -0.25) is 4.98 Å². The Bertz CT molecular complexity index is 736. The summed E-state index contributed by atoms with van der Waals surface area (Å²) in [6.45, 7) is 4.21. The van der Waals surface area contributed by atoms with Crippen LogP contribution in [0.15, 0.2) is 48.0 Å². The summed E-state index contributed by atoms with van der Waals surface area (Å²) in [5, 5.41) is 5.59. The first-order valence-electron chi connectivity index (χ1n) is 6.98. The van der Waals surface area contributed by atoms with Crippen molar-refractivity contribution in [1.82, 2.24) is 10.3 Å². The van der Waals surface area contributed by atoms with E-state index in [0.29, 0.717) is 0 Å². The Balaban J connectivity index is 1.75. The molecule has 3 rings (SSSR count). The summed E-state index contributed by atoms with van der Waals surface area (Å²) >= 11 is 1.70. The van der Waals surface area contributed by atoms with Crippen molar-refractivity contribution in [2.75, 3.05) is 0 Å². The summed E-state index contributed by atoms with van der Waals surface area (Å²) in [4.78, 5) is 4.47. The van der Waals surface area contributed by atoms with E-state index in [0.717, 1.165) is 11.1 Å². The molecule has 0 bridgehead atoms. The molecule has 0 radical (unpaired) electrons. The number of hydrogen-bond donors (Lipinski definition) is 1. The molecule has 0 saturated heterocycles. The molecule has 0 saturated carbocycles. The number of rotatable bonds is 4. The van der Waals surface area contributed by atoms with Gasteiger partial charge in [0.25, 0.3) is 0 Å². The van der Waals surface area contributed by atoms with Crippen LogP contribution in [0, 0.1) is 5.82 Å². The minimum atomic E-state index is -0.202. The highest BCUT2D eigenvalue weighted by atomic mass is 32.1. The predicted molar refractivity (Wildman–Crippen MR) is 86.0 cm³/mol. The van der Waals surface area contributed by atoms with Gasteiger partial charge in [0, 0.05) is 18.3 Å². The summed E-state index contributed by atoms with van der Waals surface area (Å²) in [5.74, 6) is -0.202. The number of hydrogen-bond acceptors (Lipinski definition) is 3. The third-order valence-corrected chi connectivity index (χ3v) is 4.55. The fourth-order valence-corrected chi connectivity index (χ4v) is 3.21. The number of thiophene rings is 1. The fraction of sp³-hybridized carbons (Fsp3) is 0.235. The molecule has 1 N–H and O–H groups in total. The van der Waals surface area contributed by atoms with E-state index in [9.17, 15) is 4.39 Å². The molecule has 2 aromatic heterocycles. The van der Waals surface area contributed by atoms with Crippen molar-refractivity contribution in [1.29, 1.82) is 0 Å². The SMILES string of the molecule is CC(NC(C)c1cnc2ccsc2c1)c1ccc(F)cc1. The Hall–Kier alpha value is -1.78. The van der Waals surface area contributed by atoms with Crippen LogP contribution in [0.3, 0.4) is 0 Å². The van der Waals surface area contributed by atoms with Gasteiger partial charge in [-0.1, -0.05) is 12.1 Å². The van der Waals surface area contributed by atoms with Gasteiger partial charge in [-0.2, -0.15) is 0 Å². The average molecular weight is 300 g/mol. The average Bonchev–Trinajstić information content (AvgIpc) is 2.95. The van der Waals surface area contributed by atoms with E-state index >= 15 is 0 Å². The maximum absolute atomic E-state index is 13.0. The van der Waals surface area contributed by atoms with Crippen LogP contribution in [0.2, 0.25) is 0 Å². The Morgan fingerprint density at radius 3 is 2.52 bits per heavy atom. The Morgan fingerprint density at radius 2 is 1.76 bits per heavy atom. The molecule has 0 spiro atoms. The molecular weight excluding hydrogens is 283 g/mol. The quantitative estimate of drug-likeness (QED) is 0.745. The van der Waals surface area contributed by atoms with Gasteiger partial charge in [0.2, 0.25) is 0 Å². The summed E-state index contributed by atoms with van der Waals surface area (Å²) in [5.41, 5.74) is 3.29. The van der Waals surface area contributed by atoms with Gasteiger partial charge in [-0.05, 0) is 54.6 Å². The van der Waals surface area contributed by atoms with Crippen LogP contribution in [-0.4, -0.2) is 4.98 Å². The molecule has 21 heavy (non-hydrogen) atoms. The van der Waals surface area contributed by atoms with E-state index in [1.165, 1.54) is 22.4 Å². The van der Waals surface area contributed by atoms with Gasteiger partial charge in [0.1, 0.15) is 5.82 Å². The lowest BCUT2D eigenvalue weighted by Crippen LogP contribution is -2.22. The Labute approximate surface area is 127 Å². The van der Waals surface area contributed by atoms with Gasteiger partial charge >= 0.3 is 0 Å². The van der Waals surface area contributed by atoms with Crippen molar-refractivity contribution in [3.63, 3.8) is 0 Å². The number of nitrogens with zero attached hydrogens (tertiary/aromatic N) is 1. The fourth-order valence-electron chi connectivity index (χ4n) is 2.42. The number of aromatic nitrogens is 1. The van der Waals surface area contributed by atoms with Crippen LogP contribution in [0.5, 0.6) is 0 Å². The minimum Gasteiger partial charge on any atom is -0.304 e. The third-order valence-electron chi connectivity index (χ3n) is 3.69. The highest BCUT2D eigenvalue weighted by Gasteiger charge is 2.12. The molecule has 4 heteroatoms. The molecule has 0 fully saturated rings. The van der Waals surface area contributed by atoms with Crippen LogP contribution in [0.1, 0.15) is 37.1 Å². The lowest BCUT2D eigenvalue weighted by Gasteiger charge is -2.20. The largest absolute Gasteiger partial charge is 0.304 e. The minimum absolute atomic E-state index is 0.152. The van der Waals surface area contributed by atoms with Crippen molar-refractivity contribution in [3.05, 3.63) is 64.9 Å². The third kappa shape index (κ3) is 3.12. The van der Waals surface area contributed by atoms with Crippen molar-refractivity contribution in [2.45, 2.75) is 25.9 Å². The highest BCUT2D eigenvalue weighted by molar-refractivity contribution is 7.17. The van der Waals surface area contributed by atoms with Crippen molar-refractivity contribution in [3.8, 4) is 0 Å². The maximum Gasteiger partial charge on any atom is 0.123 e. The van der Waals surface area contributed by atoms with Crippen LogP contribution < -0.4 is 5.32 Å². The second-order valence-electron chi connectivity index (χ2n) is 5.23. The molecule has 0 aliphatic heterocycles. The van der Waals surface area contributed by atoms with E-state index in [-0.39, 0.29) is 17.9 Å². The summed E-state index contributed by atoms with van der Waals surface area (Å²) < 4.78 is 14.2. The smallest absolute Gasteiger partial charge is 0.123 e. The molecular formula is C17H17FN2S. The molecule has 0 aliphatic carbocycles. The molecule has 2 nitrogen and oxygen atoms in total. The summed E-state index contributed by atoms with van der Waals surface area (Å²) in [6.07, 6.45) is 1.92. The molecule has 2 heterocycles. The zero-order valence-electron chi connectivity index (χ0n) is 12.0. The summed E-state index contributed by atoms with van der Waals surface area (Å²) in [6, 6.07) is 11.2. The van der Waals surface area contributed by atoms with Crippen LogP contribution >= 0.6 is 11.3 Å². The molecule has 2 unspecified atom stereocenters. The number of fused-ring (bicyclic) bond motifs is 1. The first kappa shape index (κ1) is 14.2. The standard InChI is InChI=1S/C17H17FN2S/c1-11(13-3-5-15(18)6-4-13)20-12(2)14-9-17-16(19-10-14)7-8-21-17/h3-12,20H,1-2H3. The van der Waals surface area contributed by atoms with Gasteiger partial charge in [0.05, 0.1) is 10.2 Å². The van der Waals surface area contributed by atoms with Gasteiger partial charge < -0.3 is 5.32 Å². The van der Waals surface area contributed by atoms with Crippen molar-refractivity contribution >= 4 is 21.6 Å². The second-order valence-corrected chi connectivity index (χ2v) is 6.18. The first-order valence-corrected chi connectivity index (χ1v) is 7.86. The number of pyridine rings is 1. The molecule has 2 atom stereocenters. The molecule has 3 aromatic rings. The molecule has 0 aliphatic rings. The van der Waals surface area contributed by atoms with Crippen molar-refractivity contribution in [2.24, 2.45) is 0 Å². The van der Waals surface area contributed by atoms with E-state index in [1.54, 1.807) is 11.3 Å². The van der Waals surface area contributed by atoms with Gasteiger partial charge in [-0.15, -0.1) is 11.3 Å². The highest BCUT2D eigenvalue weighted by Crippen LogP contribution is 2.24. The zero-order chi connectivity index (χ0) is 14.8. The van der Waals surface area contributed by atoms with Crippen molar-refractivity contribution < 1.29 is 4.39 Å². The second kappa shape index (κ2) is 5.92. The van der Waals surface area contributed by atoms with E-state index in [2.05, 4.69) is 35.6 Å². The van der Waals surface area contributed by atoms with Crippen LogP contribution in [0.25, 0.3) is 10.2 Å². The maximum atomic E-state index is 13.0. The molecule has 108 valence electrons. The zero-order valence-corrected chi connectivity index (χ0v) is 12.8. The van der Waals surface area contributed by atoms with Gasteiger partial charge in [-0.25, -0.2) is 4.39 Å². The van der Waals surface area contributed by atoms with E-state index in [1.807, 2.05) is 24.4 Å². The Morgan fingerprint density at radius 1 is 1.05 bits per heavy atom. The lowest BCUT2D eigenvalue weighted by molar-refractivity contribution is 0.493. The molecule has 1 aromatic carbocycles. The van der Waals surface area contributed by atoms with E-state index in [4.69, 9.17) is 0 Å². The summed E-state index contributed by atoms with van der Waals surface area (Å²) in [7, 11) is 0. The lowest BCUT2D eigenvalue weighted by atomic mass is 10.1. The van der Waals surface area contributed by atoms with Crippen LogP contribution in [0.4, 0.5) is 4.39 Å². The Kier molecular flexibility index (Phi) is 3.99. The number of halogens is 1. The van der Waals surface area contributed by atoms with Crippen LogP contribution in [-0.2, 0) is 0 Å². The normalized spacial score (nSPS) is 14.2. The van der Waals surface area contributed by atoms with Gasteiger partial charge in [0.15, 0.2) is 0 Å².